The van der Waals surface area contributed by atoms with Crippen molar-refractivity contribution in [1.82, 2.24) is 0 Å². The van der Waals surface area contributed by atoms with Crippen molar-refractivity contribution in [2.75, 3.05) is 0 Å². The molecule has 2 nitrogen and oxygen atoms in total. The van der Waals surface area contributed by atoms with Gasteiger partial charge in [0.2, 0.25) is 0 Å². The zero-order chi connectivity index (χ0) is 12.0. The van der Waals surface area contributed by atoms with Crippen LogP contribution in [0.15, 0.2) is 48.3 Å². The highest BCUT2D eigenvalue weighted by molar-refractivity contribution is 5.43. The number of aliphatic hydroxyl groups is 1. The summed E-state index contributed by atoms with van der Waals surface area (Å²) in [6.45, 7) is 4.15. The number of allylic oxidation sites excluding steroid dienone is 1. The molecule has 88 valence electrons. The second-order valence-corrected chi connectivity index (χ2v) is 5.16. The van der Waals surface area contributed by atoms with Crippen LogP contribution in [0.2, 0.25) is 0 Å². The van der Waals surface area contributed by atoms with Gasteiger partial charge in [0.1, 0.15) is 5.76 Å². The normalized spacial score (nSPS) is 29.2. The van der Waals surface area contributed by atoms with Crippen LogP contribution < -0.4 is 0 Å². The van der Waals surface area contributed by atoms with E-state index in [-0.39, 0.29) is 17.6 Å². The lowest BCUT2D eigenvalue weighted by Crippen LogP contribution is -2.38. The summed E-state index contributed by atoms with van der Waals surface area (Å²) in [6, 6.07) is 8.38. The minimum absolute atomic E-state index is 0.0649. The van der Waals surface area contributed by atoms with Crippen molar-refractivity contribution in [2.45, 2.75) is 31.5 Å². The summed E-state index contributed by atoms with van der Waals surface area (Å²) in [7, 11) is 0. The van der Waals surface area contributed by atoms with Crippen LogP contribution >= 0.6 is 0 Å². The van der Waals surface area contributed by atoms with Gasteiger partial charge in [-0.2, -0.15) is 0 Å². The molecule has 0 spiro atoms. The SMILES string of the molecule is CC1(C)OC2C=C(O)C=CC2c2ccccc21. The fraction of sp³-hybridized carbons (Fsp3) is 0.333. The number of rotatable bonds is 0. The summed E-state index contributed by atoms with van der Waals surface area (Å²) in [4.78, 5) is 0. The first-order chi connectivity index (χ1) is 8.08. The average molecular weight is 228 g/mol. The largest absolute Gasteiger partial charge is 0.508 e. The lowest BCUT2D eigenvalue weighted by molar-refractivity contribution is -0.0750. The number of fused-ring (bicyclic) bond motifs is 3. The van der Waals surface area contributed by atoms with Crippen molar-refractivity contribution in [3.63, 3.8) is 0 Å². The predicted molar refractivity (Wildman–Crippen MR) is 66.9 cm³/mol. The number of benzene rings is 1. The van der Waals surface area contributed by atoms with Crippen molar-refractivity contribution >= 4 is 0 Å². The van der Waals surface area contributed by atoms with E-state index in [1.54, 1.807) is 12.2 Å². The minimum atomic E-state index is -0.306. The summed E-state index contributed by atoms with van der Waals surface area (Å²) < 4.78 is 6.09. The highest BCUT2D eigenvalue weighted by atomic mass is 16.5. The summed E-state index contributed by atoms with van der Waals surface area (Å²) in [5.41, 5.74) is 2.23. The topological polar surface area (TPSA) is 29.5 Å². The molecule has 2 aliphatic rings. The number of hydrogen-bond acceptors (Lipinski definition) is 2. The van der Waals surface area contributed by atoms with E-state index in [1.807, 2.05) is 12.1 Å². The third-order valence-corrected chi connectivity index (χ3v) is 3.56. The Hall–Kier alpha value is -1.54. The summed E-state index contributed by atoms with van der Waals surface area (Å²) in [6.07, 6.45) is 5.50. The quantitative estimate of drug-likeness (QED) is 0.737. The van der Waals surface area contributed by atoms with Crippen LogP contribution in [0.4, 0.5) is 0 Å². The molecule has 2 heteroatoms. The number of aliphatic hydroxyl groups excluding tert-OH is 1. The molecule has 2 atom stereocenters. The molecule has 0 aromatic heterocycles. The highest BCUT2D eigenvalue weighted by Gasteiger charge is 2.38. The molecule has 0 radical (unpaired) electrons. The van der Waals surface area contributed by atoms with Crippen LogP contribution in [0.1, 0.15) is 30.9 Å². The molecule has 0 saturated carbocycles. The summed E-state index contributed by atoms with van der Waals surface area (Å²) >= 11 is 0. The van der Waals surface area contributed by atoms with Crippen molar-refractivity contribution in [3.05, 3.63) is 59.4 Å². The van der Waals surface area contributed by atoms with Gasteiger partial charge in [-0.25, -0.2) is 0 Å². The number of hydrogen-bond donors (Lipinski definition) is 1. The molecule has 1 aromatic carbocycles. The van der Waals surface area contributed by atoms with E-state index in [4.69, 9.17) is 4.74 Å². The van der Waals surface area contributed by atoms with E-state index < -0.39 is 0 Å². The van der Waals surface area contributed by atoms with Gasteiger partial charge in [-0.1, -0.05) is 30.3 Å². The van der Waals surface area contributed by atoms with Crippen LogP contribution in [0.25, 0.3) is 0 Å². The van der Waals surface area contributed by atoms with Crippen molar-refractivity contribution < 1.29 is 9.84 Å². The Balaban J connectivity index is 2.15. The maximum atomic E-state index is 9.56. The summed E-state index contributed by atoms with van der Waals surface area (Å²) in [5.74, 6) is 0.511. The van der Waals surface area contributed by atoms with Gasteiger partial charge in [-0.15, -0.1) is 0 Å². The molecular formula is C15H16O2. The molecule has 0 saturated heterocycles. The Bertz CT molecular complexity index is 511. The van der Waals surface area contributed by atoms with E-state index in [2.05, 4.69) is 32.0 Å². The van der Waals surface area contributed by atoms with Crippen molar-refractivity contribution in [3.8, 4) is 0 Å². The van der Waals surface area contributed by atoms with Crippen molar-refractivity contribution in [2.24, 2.45) is 0 Å². The van der Waals surface area contributed by atoms with Gasteiger partial charge in [-0.3, -0.25) is 0 Å². The third kappa shape index (κ3) is 1.60. The van der Waals surface area contributed by atoms with Gasteiger partial charge in [0.05, 0.1) is 11.7 Å². The molecule has 3 rings (SSSR count). The second kappa shape index (κ2) is 3.47. The molecular weight excluding hydrogens is 212 g/mol. The lowest BCUT2D eigenvalue weighted by atomic mass is 9.78. The lowest BCUT2D eigenvalue weighted by Gasteiger charge is -2.41. The van der Waals surface area contributed by atoms with Crippen LogP contribution in [0.5, 0.6) is 0 Å². The van der Waals surface area contributed by atoms with Crippen LogP contribution in [0, 0.1) is 0 Å². The zero-order valence-electron chi connectivity index (χ0n) is 10.1. The molecule has 0 amide bonds. The maximum Gasteiger partial charge on any atom is 0.113 e. The first-order valence-corrected chi connectivity index (χ1v) is 5.94. The molecule has 1 heterocycles. The maximum absolute atomic E-state index is 9.56. The second-order valence-electron chi connectivity index (χ2n) is 5.16. The molecule has 17 heavy (non-hydrogen) atoms. The molecule has 0 fully saturated rings. The minimum Gasteiger partial charge on any atom is -0.508 e. The smallest absolute Gasteiger partial charge is 0.113 e. The van der Waals surface area contributed by atoms with Gasteiger partial charge < -0.3 is 9.84 Å². The van der Waals surface area contributed by atoms with Gasteiger partial charge in [0.15, 0.2) is 0 Å². The predicted octanol–water partition coefficient (Wildman–Crippen LogP) is 3.42. The van der Waals surface area contributed by atoms with E-state index in [0.717, 1.165) is 0 Å². The Labute approximate surface area is 101 Å². The monoisotopic (exact) mass is 228 g/mol. The zero-order valence-corrected chi connectivity index (χ0v) is 10.1. The van der Waals surface area contributed by atoms with Gasteiger partial charge in [-0.05, 0) is 37.1 Å². The summed E-state index contributed by atoms with van der Waals surface area (Å²) in [5, 5.41) is 9.56. The molecule has 1 aliphatic carbocycles. The Morgan fingerprint density at radius 3 is 2.82 bits per heavy atom. The first-order valence-electron chi connectivity index (χ1n) is 5.94. The van der Waals surface area contributed by atoms with Gasteiger partial charge in [0, 0.05) is 5.92 Å². The fourth-order valence-electron chi connectivity index (χ4n) is 2.77. The standard InChI is InChI=1S/C15H16O2/c1-15(2)13-6-4-3-5-11(13)12-8-7-10(16)9-14(12)17-15/h3-9,12,14,16H,1-2H3. The fourth-order valence-corrected chi connectivity index (χ4v) is 2.77. The van der Waals surface area contributed by atoms with Gasteiger partial charge >= 0.3 is 0 Å². The molecule has 1 aliphatic heterocycles. The van der Waals surface area contributed by atoms with E-state index >= 15 is 0 Å². The first kappa shape index (κ1) is 10.6. The van der Waals surface area contributed by atoms with Crippen molar-refractivity contribution in [1.29, 1.82) is 0 Å². The molecule has 2 unspecified atom stereocenters. The van der Waals surface area contributed by atoms with Crippen LogP contribution in [-0.4, -0.2) is 11.2 Å². The molecule has 0 bridgehead atoms. The Morgan fingerprint density at radius 1 is 1.24 bits per heavy atom. The average Bonchev–Trinajstić information content (AvgIpc) is 2.28. The van der Waals surface area contributed by atoms with E-state index in [0.29, 0.717) is 5.76 Å². The molecule has 1 N–H and O–H groups in total. The van der Waals surface area contributed by atoms with Crippen LogP contribution in [-0.2, 0) is 10.3 Å². The van der Waals surface area contributed by atoms with Gasteiger partial charge in [0.25, 0.3) is 0 Å². The molecule has 1 aromatic rings. The van der Waals surface area contributed by atoms with E-state index in [1.165, 1.54) is 11.1 Å². The van der Waals surface area contributed by atoms with Crippen LogP contribution in [0.3, 0.4) is 0 Å². The Kier molecular flexibility index (Phi) is 2.17. The van der Waals surface area contributed by atoms with E-state index in [9.17, 15) is 5.11 Å². The third-order valence-electron chi connectivity index (χ3n) is 3.56. The highest BCUT2D eigenvalue weighted by Crippen LogP contribution is 2.43. The Morgan fingerprint density at radius 2 is 2.00 bits per heavy atom. The number of ether oxygens (including phenoxy) is 1.